The Morgan fingerprint density at radius 2 is 1.83 bits per heavy atom. The van der Waals surface area contributed by atoms with Gasteiger partial charge >= 0.3 is 5.97 Å². The van der Waals surface area contributed by atoms with Gasteiger partial charge in [0.2, 0.25) is 0 Å². The third-order valence-electron chi connectivity index (χ3n) is 1.19. The number of halogens is 2. The van der Waals surface area contributed by atoms with Crippen LogP contribution < -0.4 is 0 Å². The molecule has 1 N–H and O–H groups in total. The lowest BCUT2D eigenvalue weighted by atomic mass is 10.3. The standard InChI is InChI=1S/C6H4Cl2N2O2/c1-2-3(6(11)12)10-5(8)4(7)9-2/h1H3,(H,11,12). The molecule has 64 valence electrons. The summed E-state index contributed by atoms with van der Waals surface area (Å²) in [6, 6.07) is 0. The number of carboxylic acids is 1. The van der Waals surface area contributed by atoms with Gasteiger partial charge in [0.05, 0.1) is 5.69 Å². The molecule has 0 atom stereocenters. The molecule has 0 aliphatic heterocycles. The highest BCUT2D eigenvalue weighted by atomic mass is 35.5. The molecule has 4 nitrogen and oxygen atoms in total. The number of carbonyl (C=O) groups is 1. The zero-order chi connectivity index (χ0) is 9.30. The second kappa shape index (κ2) is 3.25. The van der Waals surface area contributed by atoms with E-state index >= 15 is 0 Å². The van der Waals surface area contributed by atoms with E-state index < -0.39 is 5.97 Å². The Bertz CT molecular complexity index is 341. The molecule has 1 heterocycles. The van der Waals surface area contributed by atoms with Crippen LogP contribution >= 0.6 is 23.2 Å². The van der Waals surface area contributed by atoms with Crippen LogP contribution in [0.2, 0.25) is 10.3 Å². The van der Waals surface area contributed by atoms with E-state index in [0.29, 0.717) is 0 Å². The maximum atomic E-state index is 10.5. The van der Waals surface area contributed by atoms with Crippen molar-refractivity contribution in [1.82, 2.24) is 9.97 Å². The molecule has 0 aliphatic rings. The Morgan fingerprint density at radius 1 is 1.33 bits per heavy atom. The summed E-state index contributed by atoms with van der Waals surface area (Å²) >= 11 is 11.0. The number of rotatable bonds is 1. The van der Waals surface area contributed by atoms with E-state index in [1.165, 1.54) is 6.92 Å². The molecule has 0 spiro atoms. The minimum absolute atomic E-state index is 0.0131. The van der Waals surface area contributed by atoms with Gasteiger partial charge in [0.25, 0.3) is 0 Å². The first-order valence-electron chi connectivity index (χ1n) is 2.95. The first kappa shape index (κ1) is 9.22. The molecule has 0 bridgehead atoms. The molecule has 6 heteroatoms. The summed E-state index contributed by atoms with van der Waals surface area (Å²) in [5.74, 6) is -1.17. The summed E-state index contributed by atoms with van der Waals surface area (Å²) in [4.78, 5) is 17.7. The van der Waals surface area contributed by atoms with Gasteiger partial charge in [-0.05, 0) is 6.92 Å². The van der Waals surface area contributed by atoms with Crippen molar-refractivity contribution in [2.75, 3.05) is 0 Å². The van der Waals surface area contributed by atoms with Crippen LogP contribution in [-0.4, -0.2) is 21.0 Å². The van der Waals surface area contributed by atoms with Crippen LogP contribution in [0.4, 0.5) is 0 Å². The van der Waals surface area contributed by atoms with Crippen molar-refractivity contribution >= 4 is 29.2 Å². The molecule has 0 radical (unpaired) electrons. The summed E-state index contributed by atoms with van der Waals surface area (Å²) in [6.45, 7) is 1.50. The van der Waals surface area contributed by atoms with E-state index in [0.717, 1.165) is 0 Å². The molecular weight excluding hydrogens is 203 g/mol. The van der Waals surface area contributed by atoms with Gasteiger partial charge in [-0.1, -0.05) is 23.2 Å². The Morgan fingerprint density at radius 3 is 2.33 bits per heavy atom. The van der Waals surface area contributed by atoms with Crippen LogP contribution in [0.3, 0.4) is 0 Å². The maximum absolute atomic E-state index is 10.5. The van der Waals surface area contributed by atoms with Gasteiger partial charge in [0.1, 0.15) is 0 Å². The van der Waals surface area contributed by atoms with Crippen LogP contribution in [-0.2, 0) is 0 Å². The Balaban J connectivity index is 3.33. The van der Waals surface area contributed by atoms with E-state index in [9.17, 15) is 4.79 Å². The molecule has 0 unspecified atom stereocenters. The van der Waals surface area contributed by atoms with Crippen molar-refractivity contribution in [2.45, 2.75) is 6.92 Å². The molecule has 0 aliphatic carbocycles. The number of hydrogen-bond donors (Lipinski definition) is 1. The highest BCUT2D eigenvalue weighted by molar-refractivity contribution is 6.40. The van der Waals surface area contributed by atoms with E-state index in [1.807, 2.05) is 0 Å². The Hall–Kier alpha value is -0.870. The summed E-state index contributed by atoms with van der Waals surface area (Å²) in [7, 11) is 0. The third-order valence-corrected chi connectivity index (χ3v) is 1.82. The van der Waals surface area contributed by atoms with E-state index in [2.05, 4.69) is 9.97 Å². The number of nitrogens with zero attached hydrogens (tertiary/aromatic N) is 2. The fourth-order valence-electron chi connectivity index (χ4n) is 0.674. The van der Waals surface area contributed by atoms with Crippen molar-refractivity contribution < 1.29 is 9.90 Å². The Kier molecular flexibility index (Phi) is 2.49. The summed E-state index contributed by atoms with van der Waals surface area (Å²) in [6.07, 6.45) is 0. The minimum atomic E-state index is -1.17. The molecular formula is C6H4Cl2N2O2. The molecule has 0 saturated heterocycles. The molecule has 0 amide bonds. The average molecular weight is 207 g/mol. The molecule has 0 aromatic carbocycles. The molecule has 1 aromatic heterocycles. The molecule has 1 aromatic rings. The number of aryl methyl sites for hydroxylation is 1. The highest BCUT2D eigenvalue weighted by Crippen LogP contribution is 2.18. The fraction of sp³-hybridized carbons (Fsp3) is 0.167. The highest BCUT2D eigenvalue weighted by Gasteiger charge is 2.13. The summed E-state index contributed by atoms with van der Waals surface area (Å²) < 4.78 is 0. The van der Waals surface area contributed by atoms with Crippen molar-refractivity contribution in [3.05, 3.63) is 21.7 Å². The van der Waals surface area contributed by atoms with Crippen molar-refractivity contribution in [1.29, 1.82) is 0 Å². The minimum Gasteiger partial charge on any atom is -0.476 e. The number of aromatic carboxylic acids is 1. The van der Waals surface area contributed by atoms with E-state index in [4.69, 9.17) is 28.3 Å². The van der Waals surface area contributed by atoms with Gasteiger partial charge in [0.15, 0.2) is 16.0 Å². The number of aromatic nitrogens is 2. The van der Waals surface area contributed by atoms with Crippen LogP contribution in [0.15, 0.2) is 0 Å². The average Bonchev–Trinajstić information content (AvgIpc) is 1.96. The quantitative estimate of drug-likeness (QED) is 0.762. The largest absolute Gasteiger partial charge is 0.476 e. The van der Waals surface area contributed by atoms with Gasteiger partial charge in [-0.15, -0.1) is 0 Å². The van der Waals surface area contributed by atoms with Gasteiger partial charge in [0, 0.05) is 0 Å². The van der Waals surface area contributed by atoms with Gasteiger partial charge < -0.3 is 5.11 Å². The SMILES string of the molecule is Cc1nc(Cl)c(Cl)nc1C(=O)O. The normalized spacial score (nSPS) is 9.92. The van der Waals surface area contributed by atoms with Crippen LogP contribution in [0.25, 0.3) is 0 Å². The summed E-state index contributed by atoms with van der Waals surface area (Å²) in [5, 5.41) is 8.49. The summed E-state index contributed by atoms with van der Waals surface area (Å²) in [5.41, 5.74) is 0.0706. The van der Waals surface area contributed by atoms with Gasteiger partial charge in [-0.2, -0.15) is 0 Å². The monoisotopic (exact) mass is 206 g/mol. The molecule has 0 fully saturated rings. The number of hydrogen-bond acceptors (Lipinski definition) is 3. The lowest BCUT2D eigenvalue weighted by Gasteiger charge is -1.99. The maximum Gasteiger partial charge on any atom is 0.356 e. The van der Waals surface area contributed by atoms with Gasteiger partial charge in [-0.25, -0.2) is 14.8 Å². The van der Waals surface area contributed by atoms with E-state index in [1.54, 1.807) is 0 Å². The van der Waals surface area contributed by atoms with Crippen molar-refractivity contribution in [3.63, 3.8) is 0 Å². The zero-order valence-corrected chi connectivity index (χ0v) is 7.52. The third kappa shape index (κ3) is 1.65. The lowest BCUT2D eigenvalue weighted by molar-refractivity contribution is 0.0689. The van der Waals surface area contributed by atoms with E-state index in [-0.39, 0.29) is 21.7 Å². The Labute approximate surface area is 78.2 Å². The molecule has 12 heavy (non-hydrogen) atoms. The zero-order valence-electron chi connectivity index (χ0n) is 6.01. The number of carboxylic acid groups (broad SMARTS) is 1. The first-order valence-corrected chi connectivity index (χ1v) is 3.71. The second-order valence-electron chi connectivity index (χ2n) is 2.04. The van der Waals surface area contributed by atoms with Crippen LogP contribution in [0.5, 0.6) is 0 Å². The smallest absolute Gasteiger partial charge is 0.356 e. The second-order valence-corrected chi connectivity index (χ2v) is 2.76. The first-order chi connectivity index (χ1) is 5.52. The van der Waals surface area contributed by atoms with Crippen molar-refractivity contribution in [2.24, 2.45) is 0 Å². The predicted octanol–water partition coefficient (Wildman–Crippen LogP) is 1.79. The molecule has 0 saturated carbocycles. The van der Waals surface area contributed by atoms with Crippen molar-refractivity contribution in [3.8, 4) is 0 Å². The molecule has 1 rings (SSSR count). The topological polar surface area (TPSA) is 63.1 Å². The predicted molar refractivity (Wildman–Crippen MR) is 43.7 cm³/mol. The lowest BCUT2D eigenvalue weighted by Crippen LogP contribution is -2.05. The van der Waals surface area contributed by atoms with Crippen LogP contribution in [0, 0.1) is 6.92 Å². The van der Waals surface area contributed by atoms with Crippen LogP contribution in [0.1, 0.15) is 16.2 Å². The fourth-order valence-corrected chi connectivity index (χ4v) is 0.970. The van der Waals surface area contributed by atoms with Gasteiger partial charge in [-0.3, -0.25) is 0 Å².